The molecule has 1 aliphatic heterocycles. The molecule has 0 saturated carbocycles. The average Bonchev–Trinajstić information content (AvgIpc) is 2.04. The van der Waals surface area contributed by atoms with Crippen LogP contribution in [0, 0.1) is 0 Å². The molecule has 0 bridgehead atoms. The van der Waals surface area contributed by atoms with E-state index in [0.29, 0.717) is 18.4 Å². The molecule has 1 aromatic rings. The van der Waals surface area contributed by atoms with Crippen LogP contribution in [0.4, 0.5) is 5.82 Å². The smallest absolute Gasteiger partial charge is 0.301 e. The van der Waals surface area contributed by atoms with Crippen molar-refractivity contribution < 1.29 is 4.74 Å². The van der Waals surface area contributed by atoms with Crippen LogP contribution in [0.2, 0.25) is 0 Å². The molecule has 0 amide bonds. The number of nitrogen functional groups attached to an aromatic ring is 1. The lowest BCUT2D eigenvalue weighted by molar-refractivity contribution is 0.226. The first-order chi connectivity index (χ1) is 5.77. The second-order valence-electron chi connectivity index (χ2n) is 2.66. The van der Waals surface area contributed by atoms with Gasteiger partial charge in [0.25, 0.3) is 5.56 Å². The van der Waals surface area contributed by atoms with Gasteiger partial charge in [-0.15, -0.1) is 0 Å². The lowest BCUT2D eigenvalue weighted by Crippen LogP contribution is -2.23. The van der Waals surface area contributed by atoms with Gasteiger partial charge in [0.1, 0.15) is 5.82 Å². The SMILES string of the molecule is Nc1cc(=O)nc2n1CCCO2. The summed E-state index contributed by atoms with van der Waals surface area (Å²) in [4.78, 5) is 14.6. The van der Waals surface area contributed by atoms with Crippen molar-refractivity contribution in [3.05, 3.63) is 16.4 Å². The molecule has 64 valence electrons. The summed E-state index contributed by atoms with van der Waals surface area (Å²) in [6.45, 7) is 1.38. The maximum absolute atomic E-state index is 10.9. The highest BCUT2D eigenvalue weighted by Crippen LogP contribution is 2.15. The zero-order chi connectivity index (χ0) is 8.55. The minimum Gasteiger partial charge on any atom is -0.464 e. The highest BCUT2D eigenvalue weighted by Gasteiger charge is 2.12. The molecule has 5 heteroatoms. The van der Waals surface area contributed by atoms with E-state index in [1.807, 2.05) is 0 Å². The molecular formula is C7H9N3O2. The third-order valence-corrected chi connectivity index (χ3v) is 1.78. The largest absolute Gasteiger partial charge is 0.464 e. The van der Waals surface area contributed by atoms with E-state index >= 15 is 0 Å². The highest BCUT2D eigenvalue weighted by atomic mass is 16.5. The Kier molecular flexibility index (Phi) is 1.49. The number of fused-ring (bicyclic) bond motifs is 1. The molecule has 0 radical (unpaired) electrons. The molecule has 1 aliphatic rings. The van der Waals surface area contributed by atoms with E-state index in [4.69, 9.17) is 10.5 Å². The van der Waals surface area contributed by atoms with Crippen molar-refractivity contribution in [2.24, 2.45) is 0 Å². The molecule has 2 heterocycles. The Morgan fingerprint density at radius 1 is 1.67 bits per heavy atom. The average molecular weight is 167 g/mol. The van der Waals surface area contributed by atoms with Gasteiger partial charge in [-0.2, -0.15) is 4.98 Å². The lowest BCUT2D eigenvalue weighted by atomic mass is 10.4. The fraction of sp³-hybridized carbons (Fsp3) is 0.429. The molecule has 0 spiro atoms. The molecule has 0 atom stereocenters. The zero-order valence-corrected chi connectivity index (χ0v) is 6.49. The summed E-state index contributed by atoms with van der Waals surface area (Å²) in [5.74, 6) is 0.421. The van der Waals surface area contributed by atoms with Crippen molar-refractivity contribution >= 4 is 5.82 Å². The lowest BCUT2D eigenvalue weighted by Gasteiger charge is -2.19. The van der Waals surface area contributed by atoms with Crippen molar-refractivity contribution in [2.45, 2.75) is 13.0 Å². The summed E-state index contributed by atoms with van der Waals surface area (Å²) in [6.07, 6.45) is 0.905. The number of nitrogens with two attached hydrogens (primary N) is 1. The van der Waals surface area contributed by atoms with Gasteiger partial charge in [-0.3, -0.25) is 9.36 Å². The molecule has 2 N–H and O–H groups in total. The molecule has 0 aromatic carbocycles. The highest BCUT2D eigenvalue weighted by molar-refractivity contribution is 5.30. The normalized spacial score (nSPS) is 15.0. The predicted molar refractivity (Wildman–Crippen MR) is 43.0 cm³/mol. The van der Waals surface area contributed by atoms with Crippen LogP contribution in [0.25, 0.3) is 0 Å². The molecule has 5 nitrogen and oxygen atoms in total. The van der Waals surface area contributed by atoms with E-state index in [0.717, 1.165) is 13.0 Å². The van der Waals surface area contributed by atoms with Crippen LogP contribution in [0.5, 0.6) is 6.01 Å². The summed E-state index contributed by atoms with van der Waals surface area (Å²) >= 11 is 0. The molecule has 1 aromatic heterocycles. The number of nitrogens with zero attached hydrogens (tertiary/aromatic N) is 2. The molecular weight excluding hydrogens is 158 g/mol. The van der Waals surface area contributed by atoms with Gasteiger partial charge in [-0.05, 0) is 6.42 Å². The molecule has 0 unspecified atom stereocenters. The van der Waals surface area contributed by atoms with Gasteiger partial charge in [-0.1, -0.05) is 0 Å². The van der Waals surface area contributed by atoms with E-state index in [1.165, 1.54) is 6.07 Å². The van der Waals surface area contributed by atoms with Crippen LogP contribution in [0.1, 0.15) is 6.42 Å². The topological polar surface area (TPSA) is 70.1 Å². The van der Waals surface area contributed by atoms with E-state index in [1.54, 1.807) is 4.57 Å². The first-order valence-corrected chi connectivity index (χ1v) is 3.77. The molecule has 0 saturated heterocycles. The van der Waals surface area contributed by atoms with Gasteiger partial charge >= 0.3 is 6.01 Å². The van der Waals surface area contributed by atoms with Crippen molar-refractivity contribution in [1.82, 2.24) is 9.55 Å². The van der Waals surface area contributed by atoms with Crippen LogP contribution >= 0.6 is 0 Å². The van der Waals surface area contributed by atoms with Crippen molar-refractivity contribution in [3.63, 3.8) is 0 Å². The number of anilines is 1. The number of hydrogen-bond acceptors (Lipinski definition) is 4. The minimum atomic E-state index is -0.347. The molecule has 0 aliphatic carbocycles. The van der Waals surface area contributed by atoms with Crippen molar-refractivity contribution in [1.29, 1.82) is 0 Å². The maximum atomic E-state index is 10.9. The third-order valence-electron chi connectivity index (χ3n) is 1.78. The van der Waals surface area contributed by atoms with Crippen LogP contribution in [0.15, 0.2) is 10.9 Å². The van der Waals surface area contributed by atoms with E-state index in [-0.39, 0.29) is 5.56 Å². The predicted octanol–water partition coefficient (Wildman–Crippen LogP) is -0.392. The Labute approximate surface area is 68.8 Å². The standard InChI is InChI=1S/C7H9N3O2/c8-5-4-6(11)9-7-10(5)2-1-3-12-7/h4H,1-3,8H2. The Hall–Kier alpha value is -1.52. The number of rotatable bonds is 0. The van der Waals surface area contributed by atoms with Crippen LogP contribution < -0.4 is 16.0 Å². The summed E-state index contributed by atoms with van der Waals surface area (Å²) in [5, 5.41) is 0. The van der Waals surface area contributed by atoms with E-state index in [2.05, 4.69) is 4.98 Å². The second-order valence-corrected chi connectivity index (χ2v) is 2.66. The number of hydrogen-bond donors (Lipinski definition) is 1. The van der Waals surface area contributed by atoms with Crippen LogP contribution in [-0.2, 0) is 6.54 Å². The van der Waals surface area contributed by atoms with Gasteiger partial charge in [0.05, 0.1) is 6.61 Å². The van der Waals surface area contributed by atoms with Crippen LogP contribution in [0.3, 0.4) is 0 Å². The van der Waals surface area contributed by atoms with Crippen LogP contribution in [-0.4, -0.2) is 16.2 Å². The van der Waals surface area contributed by atoms with E-state index < -0.39 is 0 Å². The van der Waals surface area contributed by atoms with Gasteiger partial charge in [-0.25, -0.2) is 0 Å². The van der Waals surface area contributed by atoms with Gasteiger partial charge in [0.2, 0.25) is 0 Å². The quantitative estimate of drug-likeness (QED) is 0.571. The Morgan fingerprint density at radius 3 is 3.33 bits per heavy atom. The first kappa shape index (κ1) is 7.15. The summed E-state index contributed by atoms with van der Waals surface area (Å²) in [7, 11) is 0. The third kappa shape index (κ3) is 1.03. The van der Waals surface area contributed by atoms with Gasteiger partial charge in [0, 0.05) is 12.6 Å². The molecule has 2 rings (SSSR count). The first-order valence-electron chi connectivity index (χ1n) is 3.77. The van der Waals surface area contributed by atoms with E-state index in [9.17, 15) is 4.79 Å². The monoisotopic (exact) mass is 167 g/mol. The van der Waals surface area contributed by atoms with Crippen molar-refractivity contribution in [3.8, 4) is 6.01 Å². The minimum absolute atomic E-state index is 0.339. The number of ether oxygens (including phenoxy) is 1. The summed E-state index contributed by atoms with van der Waals surface area (Å²) in [6, 6.07) is 1.64. The zero-order valence-electron chi connectivity index (χ0n) is 6.49. The molecule has 0 fully saturated rings. The Balaban J connectivity index is 2.60. The second kappa shape index (κ2) is 2.51. The number of aromatic nitrogens is 2. The fourth-order valence-corrected chi connectivity index (χ4v) is 1.22. The fourth-order valence-electron chi connectivity index (χ4n) is 1.22. The Bertz CT molecular complexity index is 358. The molecule has 12 heavy (non-hydrogen) atoms. The van der Waals surface area contributed by atoms with Crippen molar-refractivity contribution in [2.75, 3.05) is 12.3 Å². The van der Waals surface area contributed by atoms with Gasteiger partial charge < -0.3 is 10.5 Å². The summed E-state index contributed by atoms with van der Waals surface area (Å²) < 4.78 is 6.86. The summed E-state index contributed by atoms with van der Waals surface area (Å²) in [5.41, 5.74) is 5.24. The maximum Gasteiger partial charge on any atom is 0.301 e. The van der Waals surface area contributed by atoms with Gasteiger partial charge in [0.15, 0.2) is 0 Å². The Morgan fingerprint density at radius 2 is 2.50 bits per heavy atom.